The van der Waals surface area contributed by atoms with E-state index in [2.05, 4.69) is 15.9 Å². The molecule has 116 valence electrons. The van der Waals surface area contributed by atoms with Gasteiger partial charge in [-0.25, -0.2) is 0 Å². The van der Waals surface area contributed by atoms with Gasteiger partial charge in [-0.05, 0) is 6.07 Å². The molecule has 0 unspecified atom stereocenters. The molecule has 0 saturated heterocycles. The summed E-state index contributed by atoms with van der Waals surface area (Å²) in [7, 11) is 2.93. The van der Waals surface area contributed by atoms with Crippen LogP contribution >= 0.6 is 15.9 Å². The number of nitro groups is 1. The maximum Gasteiger partial charge on any atom is 0.273 e. The van der Waals surface area contributed by atoms with Gasteiger partial charge in [-0.1, -0.05) is 15.9 Å². The van der Waals surface area contributed by atoms with E-state index in [-0.39, 0.29) is 17.3 Å². The van der Waals surface area contributed by atoms with E-state index in [1.165, 1.54) is 25.3 Å². The summed E-state index contributed by atoms with van der Waals surface area (Å²) in [6.45, 7) is 1.34. The summed E-state index contributed by atoms with van der Waals surface area (Å²) in [5.74, 6) is -0.0653. The van der Waals surface area contributed by atoms with Gasteiger partial charge in [-0.15, -0.1) is 0 Å². The number of halogens is 1. The van der Waals surface area contributed by atoms with E-state index in [1.54, 1.807) is 12.0 Å². The van der Waals surface area contributed by atoms with E-state index in [0.717, 1.165) is 0 Å². The molecule has 0 aliphatic carbocycles. The van der Waals surface area contributed by atoms with Gasteiger partial charge < -0.3 is 14.4 Å². The van der Waals surface area contributed by atoms with Crippen LogP contribution in [-0.2, 0) is 4.74 Å². The highest BCUT2D eigenvalue weighted by Crippen LogP contribution is 2.25. The molecule has 1 aromatic carbocycles. The van der Waals surface area contributed by atoms with Gasteiger partial charge in [-0.2, -0.15) is 0 Å². The summed E-state index contributed by atoms with van der Waals surface area (Å²) in [4.78, 5) is 24.3. The fourth-order valence-corrected chi connectivity index (χ4v) is 2.19. The highest BCUT2D eigenvalue weighted by Gasteiger charge is 2.21. The molecule has 0 spiro atoms. The minimum atomic E-state index is -0.530. The number of carbonyl (C=O) groups is 1. The zero-order valence-corrected chi connectivity index (χ0v) is 13.5. The van der Waals surface area contributed by atoms with Gasteiger partial charge in [0.05, 0.1) is 30.3 Å². The van der Waals surface area contributed by atoms with Gasteiger partial charge in [0, 0.05) is 31.6 Å². The lowest BCUT2D eigenvalue weighted by atomic mass is 10.1. The average Bonchev–Trinajstić information content (AvgIpc) is 2.49. The van der Waals surface area contributed by atoms with E-state index < -0.39 is 4.92 Å². The Kier molecular flexibility index (Phi) is 7.10. The van der Waals surface area contributed by atoms with Crippen LogP contribution in [0.15, 0.2) is 18.2 Å². The number of amides is 1. The van der Waals surface area contributed by atoms with E-state index in [1.807, 2.05) is 0 Å². The fraction of sp³-hybridized carbons (Fsp3) is 0.462. The molecular weight excluding hydrogens is 344 g/mol. The summed E-state index contributed by atoms with van der Waals surface area (Å²) in [6.07, 6.45) is 0. The first kappa shape index (κ1) is 17.4. The molecule has 8 heteroatoms. The minimum absolute atomic E-state index is 0.118. The highest BCUT2D eigenvalue weighted by atomic mass is 79.9. The maximum atomic E-state index is 12.5. The molecular formula is C13H17BrN2O5. The van der Waals surface area contributed by atoms with E-state index >= 15 is 0 Å². The molecule has 0 atom stereocenters. The van der Waals surface area contributed by atoms with Crippen molar-refractivity contribution >= 4 is 27.5 Å². The topological polar surface area (TPSA) is 81.9 Å². The molecule has 1 aromatic rings. The number of nitro benzene ring substituents is 1. The second kappa shape index (κ2) is 8.58. The predicted molar refractivity (Wildman–Crippen MR) is 81.2 cm³/mol. The van der Waals surface area contributed by atoms with Gasteiger partial charge in [0.2, 0.25) is 0 Å². The van der Waals surface area contributed by atoms with Crippen molar-refractivity contribution < 1.29 is 19.2 Å². The van der Waals surface area contributed by atoms with Gasteiger partial charge in [0.1, 0.15) is 5.75 Å². The SMILES string of the molecule is COCCN(CCBr)C(=O)c1ccc([N+](=O)[O-])cc1OC. The van der Waals surface area contributed by atoms with Crippen LogP contribution in [-0.4, -0.2) is 55.0 Å². The van der Waals surface area contributed by atoms with Gasteiger partial charge in [0.25, 0.3) is 11.6 Å². The zero-order chi connectivity index (χ0) is 15.8. The molecule has 0 heterocycles. The number of nitrogens with zero attached hydrogens (tertiary/aromatic N) is 2. The van der Waals surface area contributed by atoms with Crippen molar-refractivity contribution in [1.29, 1.82) is 0 Å². The predicted octanol–water partition coefficient (Wildman–Crippen LogP) is 2.09. The Morgan fingerprint density at radius 1 is 1.38 bits per heavy atom. The molecule has 0 saturated carbocycles. The Bertz CT molecular complexity index is 509. The number of methoxy groups -OCH3 is 2. The normalized spacial score (nSPS) is 10.2. The largest absolute Gasteiger partial charge is 0.496 e. The van der Waals surface area contributed by atoms with Crippen molar-refractivity contribution in [2.75, 3.05) is 39.2 Å². The first-order chi connectivity index (χ1) is 10.0. The first-order valence-electron chi connectivity index (χ1n) is 6.21. The molecule has 1 amide bonds. The molecule has 21 heavy (non-hydrogen) atoms. The number of non-ortho nitro benzene ring substituents is 1. The van der Waals surface area contributed by atoms with Crippen LogP contribution in [0.5, 0.6) is 5.75 Å². The van der Waals surface area contributed by atoms with Gasteiger partial charge in [0.15, 0.2) is 0 Å². The Morgan fingerprint density at radius 3 is 2.62 bits per heavy atom. The Balaban J connectivity index is 3.05. The number of rotatable bonds is 8. The lowest BCUT2D eigenvalue weighted by Gasteiger charge is -2.22. The second-order valence-corrected chi connectivity index (χ2v) is 4.91. The molecule has 0 aliphatic heterocycles. The third-order valence-electron chi connectivity index (χ3n) is 2.83. The zero-order valence-electron chi connectivity index (χ0n) is 11.9. The Hall–Kier alpha value is -1.67. The summed E-state index contributed by atoms with van der Waals surface area (Å²) < 4.78 is 10.1. The molecule has 0 bridgehead atoms. The quantitative estimate of drug-likeness (QED) is 0.402. The number of hydrogen-bond donors (Lipinski definition) is 0. The standard InChI is InChI=1S/C13H17BrN2O5/c1-20-8-7-15(6-5-14)13(17)11-4-3-10(16(18)19)9-12(11)21-2/h3-4,9H,5-8H2,1-2H3. The summed E-state index contributed by atoms with van der Waals surface area (Å²) in [6, 6.07) is 3.95. The molecule has 0 fully saturated rings. The summed E-state index contributed by atoms with van der Waals surface area (Å²) in [5.41, 5.74) is 0.174. The van der Waals surface area contributed by atoms with E-state index in [0.29, 0.717) is 30.6 Å². The average molecular weight is 361 g/mol. The van der Waals surface area contributed by atoms with E-state index in [9.17, 15) is 14.9 Å². The molecule has 0 aromatic heterocycles. The molecule has 0 N–H and O–H groups in total. The molecule has 1 rings (SSSR count). The lowest BCUT2D eigenvalue weighted by Crippen LogP contribution is -2.35. The number of hydrogen-bond acceptors (Lipinski definition) is 5. The second-order valence-electron chi connectivity index (χ2n) is 4.12. The van der Waals surface area contributed by atoms with Crippen LogP contribution in [0.1, 0.15) is 10.4 Å². The van der Waals surface area contributed by atoms with Gasteiger partial charge in [-0.3, -0.25) is 14.9 Å². The van der Waals surface area contributed by atoms with Crippen molar-refractivity contribution in [3.05, 3.63) is 33.9 Å². The van der Waals surface area contributed by atoms with Crippen LogP contribution < -0.4 is 4.74 Å². The molecule has 7 nitrogen and oxygen atoms in total. The first-order valence-corrected chi connectivity index (χ1v) is 7.34. The summed E-state index contributed by atoms with van der Waals surface area (Å²) in [5, 5.41) is 11.4. The third-order valence-corrected chi connectivity index (χ3v) is 3.19. The monoisotopic (exact) mass is 360 g/mol. The number of alkyl halides is 1. The van der Waals surface area contributed by atoms with Crippen molar-refractivity contribution in [2.24, 2.45) is 0 Å². The van der Waals surface area contributed by atoms with Crippen molar-refractivity contribution in [2.45, 2.75) is 0 Å². The lowest BCUT2D eigenvalue weighted by molar-refractivity contribution is -0.384. The summed E-state index contributed by atoms with van der Waals surface area (Å²) >= 11 is 3.29. The smallest absolute Gasteiger partial charge is 0.273 e. The van der Waals surface area contributed by atoms with Crippen LogP contribution in [0.3, 0.4) is 0 Å². The molecule has 0 aliphatic rings. The Labute approximate surface area is 131 Å². The van der Waals surface area contributed by atoms with Crippen LogP contribution in [0.2, 0.25) is 0 Å². The number of benzene rings is 1. The molecule has 0 radical (unpaired) electrons. The third kappa shape index (κ3) is 4.68. The minimum Gasteiger partial charge on any atom is -0.496 e. The van der Waals surface area contributed by atoms with E-state index in [4.69, 9.17) is 9.47 Å². The highest BCUT2D eigenvalue weighted by molar-refractivity contribution is 9.09. The Morgan fingerprint density at radius 2 is 2.10 bits per heavy atom. The maximum absolute atomic E-state index is 12.5. The number of carbonyl (C=O) groups excluding carboxylic acids is 1. The van der Waals surface area contributed by atoms with Gasteiger partial charge >= 0.3 is 0 Å². The van der Waals surface area contributed by atoms with Crippen molar-refractivity contribution in [1.82, 2.24) is 4.90 Å². The van der Waals surface area contributed by atoms with Crippen LogP contribution in [0.4, 0.5) is 5.69 Å². The fourth-order valence-electron chi connectivity index (χ4n) is 1.76. The van der Waals surface area contributed by atoms with Crippen LogP contribution in [0, 0.1) is 10.1 Å². The number of ether oxygens (including phenoxy) is 2. The van der Waals surface area contributed by atoms with Crippen LogP contribution in [0.25, 0.3) is 0 Å². The van der Waals surface area contributed by atoms with Crippen molar-refractivity contribution in [3.63, 3.8) is 0 Å². The van der Waals surface area contributed by atoms with Crippen molar-refractivity contribution in [3.8, 4) is 5.75 Å².